The Morgan fingerprint density at radius 2 is 2.19 bits per heavy atom. The first-order chi connectivity index (χ1) is 7.58. The maximum atomic E-state index is 11.4. The van der Waals surface area contributed by atoms with Gasteiger partial charge in [0.05, 0.1) is 6.54 Å². The molecule has 0 unspecified atom stereocenters. The van der Waals surface area contributed by atoms with Crippen molar-refractivity contribution in [3.8, 4) is 0 Å². The molecule has 0 aliphatic carbocycles. The average molecular weight is 243 g/mol. The largest absolute Gasteiger partial charge is 0.308 e. The predicted molar refractivity (Wildman–Crippen MR) is 64.7 cm³/mol. The Hall–Kier alpha value is -1.05. The van der Waals surface area contributed by atoms with Gasteiger partial charge in [-0.2, -0.15) is 0 Å². The summed E-state index contributed by atoms with van der Waals surface area (Å²) in [6.07, 6.45) is 0. The van der Waals surface area contributed by atoms with Crippen LogP contribution in [0.25, 0.3) is 0 Å². The zero-order chi connectivity index (χ0) is 12.0. The Morgan fingerprint density at radius 1 is 1.44 bits per heavy atom. The van der Waals surface area contributed by atoms with Crippen LogP contribution in [0.5, 0.6) is 0 Å². The van der Waals surface area contributed by atoms with Crippen LogP contribution >= 0.6 is 11.3 Å². The molecule has 0 bridgehead atoms. The fraction of sp³-hybridized carbons (Fsp3) is 0.667. The molecule has 1 aromatic rings. The highest BCUT2D eigenvalue weighted by atomic mass is 32.1. The van der Waals surface area contributed by atoms with E-state index in [1.165, 1.54) is 11.3 Å². The number of hydrogen-bond donors (Lipinski definition) is 2. The number of carbonyl (C=O) groups is 1. The Morgan fingerprint density at radius 3 is 2.75 bits per heavy atom. The minimum Gasteiger partial charge on any atom is -0.308 e. The fourth-order valence-corrected chi connectivity index (χ4v) is 1.62. The van der Waals surface area contributed by atoms with Crippen molar-refractivity contribution in [1.29, 1.82) is 0 Å². The van der Waals surface area contributed by atoms with Crippen LogP contribution in [0, 0.1) is 6.92 Å². The van der Waals surface area contributed by atoms with Gasteiger partial charge in [-0.15, -0.1) is 10.2 Å². The molecule has 1 heterocycles. The molecular weight excluding hydrogens is 226 g/mol. The number of anilines is 1. The van der Waals surface area contributed by atoms with Gasteiger partial charge in [-0.1, -0.05) is 11.3 Å². The maximum Gasteiger partial charge on any atom is 0.240 e. The van der Waals surface area contributed by atoms with Gasteiger partial charge in [-0.05, 0) is 21.0 Å². The summed E-state index contributed by atoms with van der Waals surface area (Å²) in [7, 11) is 3.98. The van der Waals surface area contributed by atoms with E-state index in [0.717, 1.165) is 18.1 Å². The van der Waals surface area contributed by atoms with E-state index in [9.17, 15) is 4.79 Å². The van der Waals surface area contributed by atoms with E-state index < -0.39 is 0 Å². The van der Waals surface area contributed by atoms with E-state index in [0.29, 0.717) is 11.7 Å². The van der Waals surface area contributed by atoms with E-state index in [2.05, 4.69) is 25.7 Å². The molecule has 6 nitrogen and oxygen atoms in total. The number of aromatic nitrogens is 2. The summed E-state index contributed by atoms with van der Waals surface area (Å²) in [4.78, 5) is 13.5. The fourth-order valence-electron chi connectivity index (χ4n) is 1.02. The second kappa shape index (κ2) is 6.51. The van der Waals surface area contributed by atoms with Crippen LogP contribution in [0.3, 0.4) is 0 Å². The van der Waals surface area contributed by atoms with Gasteiger partial charge < -0.3 is 10.2 Å². The van der Waals surface area contributed by atoms with E-state index in [-0.39, 0.29) is 5.91 Å². The molecule has 90 valence electrons. The summed E-state index contributed by atoms with van der Waals surface area (Å²) < 4.78 is 0. The van der Waals surface area contributed by atoms with Crippen molar-refractivity contribution in [2.45, 2.75) is 6.92 Å². The van der Waals surface area contributed by atoms with Crippen molar-refractivity contribution in [1.82, 2.24) is 20.4 Å². The van der Waals surface area contributed by atoms with Crippen molar-refractivity contribution in [3.63, 3.8) is 0 Å². The number of nitrogens with zero attached hydrogens (tertiary/aromatic N) is 3. The molecular formula is C9H17N5OS. The summed E-state index contributed by atoms with van der Waals surface area (Å²) in [6.45, 7) is 3.84. The summed E-state index contributed by atoms with van der Waals surface area (Å²) in [5, 5.41) is 14.8. The lowest BCUT2D eigenvalue weighted by Crippen LogP contribution is -2.33. The number of nitrogens with one attached hydrogen (secondary N) is 2. The van der Waals surface area contributed by atoms with Crippen molar-refractivity contribution in [2.75, 3.05) is 39.0 Å². The topological polar surface area (TPSA) is 70.1 Å². The van der Waals surface area contributed by atoms with E-state index in [4.69, 9.17) is 0 Å². The first-order valence-electron chi connectivity index (χ1n) is 5.03. The summed E-state index contributed by atoms with van der Waals surface area (Å²) >= 11 is 1.37. The minimum absolute atomic E-state index is 0.0880. The van der Waals surface area contributed by atoms with Crippen molar-refractivity contribution < 1.29 is 4.79 Å². The molecule has 0 aliphatic heterocycles. The normalized spacial score (nSPS) is 10.8. The van der Waals surface area contributed by atoms with E-state index in [1.54, 1.807) is 0 Å². The molecule has 7 heteroatoms. The third-order valence-corrected chi connectivity index (χ3v) is 2.55. The van der Waals surface area contributed by atoms with E-state index in [1.807, 2.05) is 21.0 Å². The number of aryl methyl sites for hydroxylation is 1. The quantitative estimate of drug-likeness (QED) is 0.685. The molecule has 0 atom stereocenters. The van der Waals surface area contributed by atoms with Gasteiger partial charge in [0.15, 0.2) is 0 Å². The number of hydrogen-bond acceptors (Lipinski definition) is 6. The van der Waals surface area contributed by atoms with Gasteiger partial charge in [0.25, 0.3) is 0 Å². The molecule has 0 spiro atoms. The molecule has 0 saturated carbocycles. The molecule has 2 N–H and O–H groups in total. The maximum absolute atomic E-state index is 11.4. The van der Waals surface area contributed by atoms with Crippen molar-refractivity contribution in [3.05, 3.63) is 5.01 Å². The predicted octanol–water partition coefficient (Wildman–Crippen LogP) is -0.0638. The van der Waals surface area contributed by atoms with Crippen LogP contribution in [-0.2, 0) is 4.79 Å². The van der Waals surface area contributed by atoms with Gasteiger partial charge in [0.1, 0.15) is 5.01 Å². The molecule has 0 fully saturated rings. The van der Waals surface area contributed by atoms with Crippen molar-refractivity contribution in [2.24, 2.45) is 0 Å². The van der Waals surface area contributed by atoms with Gasteiger partial charge in [0, 0.05) is 13.1 Å². The number of rotatable bonds is 6. The third kappa shape index (κ3) is 5.15. The lowest BCUT2D eigenvalue weighted by Gasteiger charge is -2.09. The van der Waals surface area contributed by atoms with Crippen LogP contribution < -0.4 is 10.6 Å². The van der Waals surface area contributed by atoms with Crippen LogP contribution in [0.4, 0.5) is 5.13 Å². The van der Waals surface area contributed by atoms with Gasteiger partial charge >= 0.3 is 0 Å². The summed E-state index contributed by atoms with van der Waals surface area (Å²) in [5.74, 6) is -0.0880. The molecule has 0 radical (unpaired) electrons. The smallest absolute Gasteiger partial charge is 0.240 e. The Labute approximate surface area is 99.1 Å². The monoisotopic (exact) mass is 243 g/mol. The lowest BCUT2D eigenvalue weighted by molar-refractivity contribution is -0.115. The molecule has 16 heavy (non-hydrogen) atoms. The first-order valence-corrected chi connectivity index (χ1v) is 5.85. The van der Waals surface area contributed by atoms with Crippen molar-refractivity contribution >= 4 is 22.4 Å². The SMILES string of the molecule is Cc1nnc(NC(=O)CNCCN(C)C)s1. The minimum atomic E-state index is -0.0880. The highest BCUT2D eigenvalue weighted by Crippen LogP contribution is 2.12. The summed E-state index contributed by atoms with van der Waals surface area (Å²) in [5.41, 5.74) is 0. The van der Waals surface area contributed by atoms with E-state index >= 15 is 0 Å². The second-order valence-electron chi connectivity index (χ2n) is 3.65. The Bertz CT molecular complexity index is 338. The first kappa shape index (κ1) is 13.0. The highest BCUT2D eigenvalue weighted by Gasteiger charge is 2.05. The zero-order valence-corrected chi connectivity index (χ0v) is 10.6. The lowest BCUT2D eigenvalue weighted by atomic mass is 10.5. The summed E-state index contributed by atoms with van der Waals surface area (Å²) in [6, 6.07) is 0. The van der Waals surface area contributed by atoms with Gasteiger partial charge in [-0.25, -0.2) is 0 Å². The Kier molecular flexibility index (Phi) is 5.30. The van der Waals surface area contributed by atoms with Crippen LogP contribution in [0.2, 0.25) is 0 Å². The number of carbonyl (C=O) groups excluding carboxylic acids is 1. The van der Waals surface area contributed by atoms with Gasteiger partial charge in [-0.3, -0.25) is 10.1 Å². The molecule has 1 aromatic heterocycles. The van der Waals surface area contributed by atoms with Crippen LogP contribution in [0.1, 0.15) is 5.01 Å². The number of likely N-dealkylation sites (N-methyl/N-ethyl adjacent to an activating group) is 1. The Balaban J connectivity index is 2.16. The van der Waals surface area contributed by atoms with Crippen LogP contribution in [0.15, 0.2) is 0 Å². The van der Waals surface area contributed by atoms with Crippen LogP contribution in [-0.4, -0.2) is 54.7 Å². The molecule has 0 saturated heterocycles. The molecule has 0 aliphatic rings. The van der Waals surface area contributed by atoms with Gasteiger partial charge in [0.2, 0.25) is 11.0 Å². The zero-order valence-electron chi connectivity index (χ0n) is 9.78. The molecule has 1 rings (SSSR count). The third-order valence-electron chi connectivity index (χ3n) is 1.79. The number of amides is 1. The standard InChI is InChI=1S/C9H17N5OS/c1-7-12-13-9(16-7)11-8(15)6-10-4-5-14(2)3/h10H,4-6H2,1-3H3,(H,11,13,15). The highest BCUT2D eigenvalue weighted by molar-refractivity contribution is 7.15. The average Bonchev–Trinajstić information content (AvgIpc) is 2.58. The molecule has 1 amide bonds. The molecule has 0 aromatic carbocycles. The second-order valence-corrected chi connectivity index (χ2v) is 4.84.